The summed E-state index contributed by atoms with van der Waals surface area (Å²) in [6.45, 7) is 0.441. The number of fused-ring (bicyclic) bond motifs is 1. The van der Waals surface area contributed by atoms with Gasteiger partial charge in [-0.2, -0.15) is 0 Å². The van der Waals surface area contributed by atoms with E-state index in [-0.39, 0.29) is 5.91 Å². The number of methoxy groups -OCH3 is 1. The lowest BCUT2D eigenvalue weighted by Crippen LogP contribution is -2.23. The highest BCUT2D eigenvalue weighted by atomic mass is 16.5. The Morgan fingerprint density at radius 2 is 1.96 bits per heavy atom. The van der Waals surface area contributed by atoms with Crippen molar-refractivity contribution in [2.45, 2.75) is 19.4 Å². The second-order valence-electron chi connectivity index (χ2n) is 5.16. The molecule has 118 valence electrons. The van der Waals surface area contributed by atoms with Crippen LogP contribution in [0.1, 0.15) is 17.9 Å². The number of ether oxygens (including phenoxy) is 1. The van der Waals surface area contributed by atoms with Gasteiger partial charge in [-0.15, -0.1) is 0 Å². The Morgan fingerprint density at radius 1 is 1.17 bits per heavy atom. The first-order valence-electron chi connectivity index (χ1n) is 7.49. The Bertz CT molecular complexity index is 778. The van der Waals surface area contributed by atoms with Gasteiger partial charge in [0.05, 0.1) is 7.11 Å². The molecule has 0 aliphatic carbocycles. The number of nitrogens with zero attached hydrogens (tertiary/aromatic N) is 1. The van der Waals surface area contributed by atoms with Crippen molar-refractivity contribution >= 4 is 17.0 Å². The van der Waals surface area contributed by atoms with E-state index in [4.69, 9.17) is 9.15 Å². The highest BCUT2D eigenvalue weighted by Crippen LogP contribution is 2.17. The van der Waals surface area contributed by atoms with Gasteiger partial charge in [-0.25, -0.2) is 4.98 Å². The summed E-state index contributed by atoms with van der Waals surface area (Å²) in [5.41, 5.74) is 2.51. The number of aryl methyl sites for hydroxylation is 1. The number of hydrogen-bond donors (Lipinski definition) is 1. The zero-order chi connectivity index (χ0) is 16.1. The van der Waals surface area contributed by atoms with Gasteiger partial charge in [0.15, 0.2) is 11.5 Å². The third kappa shape index (κ3) is 3.69. The molecule has 0 saturated heterocycles. The van der Waals surface area contributed by atoms with Crippen LogP contribution in [0.3, 0.4) is 0 Å². The number of hydrogen-bond acceptors (Lipinski definition) is 4. The van der Waals surface area contributed by atoms with Gasteiger partial charge in [0.1, 0.15) is 11.3 Å². The predicted octanol–water partition coefficient (Wildman–Crippen LogP) is 3.09. The Hall–Kier alpha value is -2.82. The highest BCUT2D eigenvalue weighted by molar-refractivity contribution is 5.76. The number of nitrogens with one attached hydrogen (secondary N) is 1. The summed E-state index contributed by atoms with van der Waals surface area (Å²) in [5.74, 6) is 1.31. The lowest BCUT2D eigenvalue weighted by Gasteiger charge is -2.09. The van der Waals surface area contributed by atoms with Crippen LogP contribution in [0.5, 0.6) is 5.75 Å². The molecule has 0 radical (unpaired) electrons. The fourth-order valence-corrected chi connectivity index (χ4v) is 2.38. The minimum Gasteiger partial charge on any atom is -0.496 e. The lowest BCUT2D eigenvalue weighted by molar-refractivity contribution is -0.121. The predicted molar refractivity (Wildman–Crippen MR) is 87.2 cm³/mol. The van der Waals surface area contributed by atoms with Crippen LogP contribution in [-0.4, -0.2) is 18.0 Å². The normalized spacial score (nSPS) is 10.7. The average molecular weight is 310 g/mol. The summed E-state index contributed by atoms with van der Waals surface area (Å²) in [6, 6.07) is 15.2. The zero-order valence-electron chi connectivity index (χ0n) is 12.9. The largest absolute Gasteiger partial charge is 0.496 e. The zero-order valence-corrected chi connectivity index (χ0v) is 12.9. The van der Waals surface area contributed by atoms with E-state index >= 15 is 0 Å². The van der Waals surface area contributed by atoms with E-state index in [1.165, 1.54) is 0 Å². The van der Waals surface area contributed by atoms with Gasteiger partial charge in [-0.3, -0.25) is 4.79 Å². The van der Waals surface area contributed by atoms with Gasteiger partial charge in [0.25, 0.3) is 0 Å². The molecule has 5 nitrogen and oxygen atoms in total. The second kappa shape index (κ2) is 6.96. The van der Waals surface area contributed by atoms with E-state index in [2.05, 4.69) is 10.3 Å². The van der Waals surface area contributed by atoms with Crippen molar-refractivity contribution in [3.63, 3.8) is 0 Å². The minimum absolute atomic E-state index is 0.0434. The van der Waals surface area contributed by atoms with E-state index < -0.39 is 0 Å². The van der Waals surface area contributed by atoms with E-state index in [1.807, 2.05) is 48.5 Å². The molecule has 3 rings (SSSR count). The van der Waals surface area contributed by atoms with E-state index in [0.29, 0.717) is 25.3 Å². The number of benzene rings is 2. The summed E-state index contributed by atoms with van der Waals surface area (Å²) in [4.78, 5) is 16.3. The molecule has 3 aromatic rings. The van der Waals surface area contributed by atoms with Crippen molar-refractivity contribution in [1.29, 1.82) is 0 Å². The van der Waals surface area contributed by atoms with E-state index in [9.17, 15) is 4.79 Å². The van der Waals surface area contributed by atoms with Gasteiger partial charge in [-0.1, -0.05) is 30.3 Å². The Labute approximate surface area is 134 Å². The molecule has 0 aliphatic heterocycles. The minimum atomic E-state index is -0.0434. The van der Waals surface area contributed by atoms with E-state index in [0.717, 1.165) is 22.4 Å². The van der Waals surface area contributed by atoms with Crippen molar-refractivity contribution < 1.29 is 13.9 Å². The first-order chi connectivity index (χ1) is 11.3. The molecule has 0 fully saturated rings. The van der Waals surface area contributed by atoms with Crippen molar-refractivity contribution in [3.05, 3.63) is 60.0 Å². The standard InChI is InChI=1S/C18H18N2O3/c1-22-15-8-4-2-6-13(15)12-19-17(21)10-11-18-20-14-7-3-5-9-16(14)23-18/h2-9H,10-12H2,1H3,(H,19,21). The number of carbonyl (C=O) groups excluding carboxylic acids is 1. The molecular weight excluding hydrogens is 292 g/mol. The molecule has 23 heavy (non-hydrogen) atoms. The molecule has 1 amide bonds. The van der Waals surface area contributed by atoms with Crippen LogP contribution in [0.15, 0.2) is 52.9 Å². The van der Waals surface area contributed by atoms with Gasteiger partial charge in [0.2, 0.25) is 5.91 Å². The quantitative estimate of drug-likeness (QED) is 0.760. The monoisotopic (exact) mass is 310 g/mol. The molecule has 0 spiro atoms. The molecule has 0 atom stereocenters. The number of amides is 1. The lowest BCUT2D eigenvalue weighted by atomic mass is 10.2. The molecule has 0 saturated carbocycles. The average Bonchev–Trinajstić information content (AvgIpc) is 3.01. The van der Waals surface area contributed by atoms with Crippen LogP contribution in [-0.2, 0) is 17.8 Å². The molecular formula is C18H18N2O3. The summed E-state index contributed by atoms with van der Waals surface area (Å²) in [6.07, 6.45) is 0.814. The number of oxazole rings is 1. The van der Waals surface area contributed by atoms with Crippen LogP contribution < -0.4 is 10.1 Å². The second-order valence-corrected chi connectivity index (χ2v) is 5.16. The van der Waals surface area contributed by atoms with Crippen molar-refractivity contribution in [3.8, 4) is 5.75 Å². The first-order valence-corrected chi connectivity index (χ1v) is 7.49. The number of para-hydroxylation sites is 3. The maximum Gasteiger partial charge on any atom is 0.220 e. The Kier molecular flexibility index (Phi) is 4.57. The van der Waals surface area contributed by atoms with Crippen LogP contribution in [0.4, 0.5) is 0 Å². The maximum absolute atomic E-state index is 12.0. The molecule has 0 aliphatic rings. The molecule has 1 N–H and O–H groups in total. The van der Waals surface area contributed by atoms with Gasteiger partial charge in [0, 0.05) is 24.9 Å². The van der Waals surface area contributed by atoms with Crippen molar-refractivity contribution in [2.75, 3.05) is 7.11 Å². The third-order valence-corrected chi connectivity index (χ3v) is 3.57. The number of rotatable bonds is 6. The fourth-order valence-electron chi connectivity index (χ4n) is 2.38. The van der Waals surface area contributed by atoms with Gasteiger partial charge < -0.3 is 14.5 Å². The summed E-state index contributed by atoms with van der Waals surface area (Å²) in [5, 5.41) is 2.89. The van der Waals surface area contributed by atoms with Crippen molar-refractivity contribution in [2.24, 2.45) is 0 Å². The summed E-state index contributed by atoms with van der Waals surface area (Å²) in [7, 11) is 1.62. The molecule has 1 aromatic heterocycles. The molecule has 2 aromatic carbocycles. The Morgan fingerprint density at radius 3 is 2.78 bits per heavy atom. The topological polar surface area (TPSA) is 64.4 Å². The van der Waals surface area contributed by atoms with Crippen LogP contribution in [0.25, 0.3) is 11.1 Å². The van der Waals surface area contributed by atoms with Crippen molar-refractivity contribution in [1.82, 2.24) is 10.3 Å². The summed E-state index contributed by atoms with van der Waals surface area (Å²) >= 11 is 0. The first kappa shape index (κ1) is 15.1. The molecule has 0 bridgehead atoms. The number of aromatic nitrogens is 1. The van der Waals surface area contributed by atoms with Gasteiger partial charge >= 0.3 is 0 Å². The SMILES string of the molecule is COc1ccccc1CNC(=O)CCc1nc2ccccc2o1. The number of carbonyl (C=O) groups is 1. The molecule has 0 unspecified atom stereocenters. The third-order valence-electron chi connectivity index (χ3n) is 3.57. The molecule has 1 heterocycles. The maximum atomic E-state index is 12.0. The van der Waals surface area contributed by atoms with Crippen LogP contribution in [0, 0.1) is 0 Å². The van der Waals surface area contributed by atoms with Gasteiger partial charge in [-0.05, 0) is 18.2 Å². The smallest absolute Gasteiger partial charge is 0.220 e. The highest BCUT2D eigenvalue weighted by Gasteiger charge is 2.09. The fraction of sp³-hybridized carbons (Fsp3) is 0.222. The molecule has 5 heteroatoms. The Balaban J connectivity index is 1.53. The summed E-state index contributed by atoms with van der Waals surface area (Å²) < 4.78 is 10.9. The van der Waals surface area contributed by atoms with Crippen LogP contribution in [0.2, 0.25) is 0 Å². The van der Waals surface area contributed by atoms with Crippen LogP contribution >= 0.6 is 0 Å². The van der Waals surface area contributed by atoms with E-state index in [1.54, 1.807) is 7.11 Å².